The smallest absolute Gasteiger partial charge is 0.0625 e. The van der Waals surface area contributed by atoms with Crippen molar-refractivity contribution in [2.75, 3.05) is 0 Å². The molecule has 1 heteroatoms. The van der Waals surface area contributed by atoms with Crippen molar-refractivity contribution < 1.29 is 5.11 Å². The lowest BCUT2D eigenvalue weighted by Crippen LogP contribution is -2.28. The monoisotopic (exact) mass is 218 g/mol. The van der Waals surface area contributed by atoms with E-state index in [9.17, 15) is 5.11 Å². The molecule has 0 radical (unpaired) electrons. The van der Waals surface area contributed by atoms with E-state index in [1.54, 1.807) is 0 Å². The summed E-state index contributed by atoms with van der Waals surface area (Å²) in [6, 6.07) is 10.7. The van der Waals surface area contributed by atoms with Gasteiger partial charge >= 0.3 is 0 Å². The fraction of sp³-hybridized carbons (Fsp3) is 0.600. The zero-order valence-corrected chi connectivity index (χ0v) is 10.2. The normalized spacial score (nSPS) is 31.8. The summed E-state index contributed by atoms with van der Waals surface area (Å²) in [5.74, 6) is 0.538. The van der Waals surface area contributed by atoms with Gasteiger partial charge in [-0.1, -0.05) is 49.6 Å². The Morgan fingerprint density at radius 2 is 1.88 bits per heavy atom. The number of hydrogen-bond acceptors (Lipinski definition) is 1. The molecule has 1 aliphatic carbocycles. The third-order valence-corrected chi connectivity index (χ3v) is 3.73. The Balaban J connectivity index is 2.12. The average Bonchev–Trinajstić information content (AvgIpc) is 2.25. The maximum absolute atomic E-state index is 10.3. The Labute approximate surface area is 98.5 Å². The summed E-state index contributed by atoms with van der Waals surface area (Å²) in [4.78, 5) is 0. The lowest BCUT2D eigenvalue weighted by Gasteiger charge is -2.31. The highest BCUT2D eigenvalue weighted by Crippen LogP contribution is 2.35. The van der Waals surface area contributed by atoms with E-state index in [1.165, 1.54) is 31.2 Å². The molecule has 1 saturated carbocycles. The minimum atomic E-state index is -0.471. The fourth-order valence-electron chi connectivity index (χ4n) is 2.82. The van der Waals surface area contributed by atoms with Crippen LogP contribution in [0.1, 0.15) is 56.9 Å². The van der Waals surface area contributed by atoms with Gasteiger partial charge in [-0.05, 0) is 37.7 Å². The predicted octanol–water partition coefficient (Wildman–Crippen LogP) is 3.88. The van der Waals surface area contributed by atoms with Crippen LogP contribution in [0.2, 0.25) is 0 Å². The number of aliphatic hydroxyl groups is 1. The van der Waals surface area contributed by atoms with Crippen LogP contribution in [0.15, 0.2) is 30.3 Å². The van der Waals surface area contributed by atoms with Crippen molar-refractivity contribution in [3.63, 3.8) is 0 Å². The van der Waals surface area contributed by atoms with Crippen LogP contribution in [0.3, 0.4) is 0 Å². The van der Waals surface area contributed by atoms with E-state index in [2.05, 4.69) is 30.3 Å². The van der Waals surface area contributed by atoms with Crippen molar-refractivity contribution in [1.82, 2.24) is 0 Å². The second-order valence-corrected chi connectivity index (χ2v) is 5.41. The van der Waals surface area contributed by atoms with Gasteiger partial charge in [-0.25, -0.2) is 0 Å². The first-order valence-corrected chi connectivity index (χ1v) is 6.45. The third kappa shape index (κ3) is 3.08. The van der Waals surface area contributed by atoms with E-state index < -0.39 is 5.60 Å². The molecule has 0 spiro atoms. The Kier molecular flexibility index (Phi) is 3.65. The van der Waals surface area contributed by atoms with Crippen molar-refractivity contribution in [3.8, 4) is 0 Å². The lowest BCUT2D eigenvalue weighted by atomic mass is 9.79. The van der Waals surface area contributed by atoms with Gasteiger partial charge < -0.3 is 5.11 Å². The van der Waals surface area contributed by atoms with Gasteiger partial charge in [0.05, 0.1) is 5.60 Å². The molecular weight excluding hydrogens is 196 g/mol. The van der Waals surface area contributed by atoms with Crippen molar-refractivity contribution >= 4 is 0 Å². The molecule has 88 valence electrons. The van der Waals surface area contributed by atoms with Gasteiger partial charge in [-0.15, -0.1) is 0 Å². The highest BCUT2D eigenvalue weighted by molar-refractivity contribution is 5.20. The molecule has 1 aliphatic rings. The summed E-state index contributed by atoms with van der Waals surface area (Å²) in [5, 5.41) is 10.3. The first kappa shape index (κ1) is 11.7. The Bertz CT molecular complexity index is 315. The van der Waals surface area contributed by atoms with Gasteiger partial charge in [0.15, 0.2) is 0 Å². The van der Waals surface area contributed by atoms with Gasteiger partial charge in [-0.3, -0.25) is 0 Å². The zero-order valence-electron chi connectivity index (χ0n) is 10.2. The van der Waals surface area contributed by atoms with E-state index in [1.807, 2.05) is 6.92 Å². The van der Waals surface area contributed by atoms with Gasteiger partial charge in [-0.2, -0.15) is 0 Å². The summed E-state index contributed by atoms with van der Waals surface area (Å²) >= 11 is 0. The molecule has 0 amide bonds. The third-order valence-electron chi connectivity index (χ3n) is 3.73. The van der Waals surface area contributed by atoms with Gasteiger partial charge in [0.1, 0.15) is 0 Å². The molecule has 0 unspecified atom stereocenters. The van der Waals surface area contributed by atoms with E-state index in [4.69, 9.17) is 0 Å². The lowest BCUT2D eigenvalue weighted by molar-refractivity contribution is 0.0265. The van der Waals surface area contributed by atoms with Crippen LogP contribution in [0.4, 0.5) is 0 Å². The van der Waals surface area contributed by atoms with Crippen molar-refractivity contribution in [2.24, 2.45) is 0 Å². The van der Waals surface area contributed by atoms with Crippen molar-refractivity contribution in [3.05, 3.63) is 35.9 Å². The molecule has 0 bridgehead atoms. The molecule has 1 N–H and O–H groups in total. The summed E-state index contributed by atoms with van der Waals surface area (Å²) in [5.41, 5.74) is 0.922. The molecule has 2 rings (SSSR count). The zero-order chi connectivity index (χ0) is 11.4. The molecule has 1 aromatic carbocycles. The topological polar surface area (TPSA) is 20.2 Å². The Hall–Kier alpha value is -0.820. The van der Waals surface area contributed by atoms with Crippen LogP contribution in [0.5, 0.6) is 0 Å². The fourth-order valence-corrected chi connectivity index (χ4v) is 2.82. The van der Waals surface area contributed by atoms with E-state index in [0.29, 0.717) is 5.92 Å². The molecule has 0 aliphatic heterocycles. The van der Waals surface area contributed by atoms with E-state index in [-0.39, 0.29) is 0 Å². The minimum Gasteiger partial charge on any atom is -0.390 e. The van der Waals surface area contributed by atoms with Gasteiger partial charge in [0, 0.05) is 0 Å². The number of benzene rings is 1. The summed E-state index contributed by atoms with van der Waals surface area (Å²) < 4.78 is 0. The van der Waals surface area contributed by atoms with E-state index >= 15 is 0 Å². The highest BCUT2D eigenvalue weighted by atomic mass is 16.3. The molecule has 1 fully saturated rings. The molecule has 2 atom stereocenters. The second kappa shape index (κ2) is 5.01. The largest absolute Gasteiger partial charge is 0.390 e. The highest BCUT2D eigenvalue weighted by Gasteiger charge is 2.27. The van der Waals surface area contributed by atoms with Crippen LogP contribution in [0.25, 0.3) is 0 Å². The minimum absolute atomic E-state index is 0.471. The molecule has 0 heterocycles. The average molecular weight is 218 g/mol. The first-order valence-electron chi connectivity index (χ1n) is 6.45. The molecule has 0 aromatic heterocycles. The molecule has 1 nitrogen and oxygen atoms in total. The second-order valence-electron chi connectivity index (χ2n) is 5.41. The summed E-state index contributed by atoms with van der Waals surface area (Å²) in [6.45, 7) is 1.99. The van der Waals surface area contributed by atoms with Crippen LogP contribution >= 0.6 is 0 Å². The van der Waals surface area contributed by atoms with Crippen LogP contribution in [-0.4, -0.2) is 10.7 Å². The van der Waals surface area contributed by atoms with Crippen LogP contribution in [0, 0.1) is 0 Å². The standard InChI is InChI=1S/C15H22O/c1-15(16)11-7-3-6-10-14(12-15)13-8-4-2-5-9-13/h2,4-5,8-9,14,16H,3,6-7,10-12H2,1H3/t14-,15-/m0/s1. The quantitative estimate of drug-likeness (QED) is 0.758. The van der Waals surface area contributed by atoms with Crippen LogP contribution < -0.4 is 0 Å². The van der Waals surface area contributed by atoms with E-state index in [0.717, 1.165) is 12.8 Å². The molecular formula is C15H22O. The van der Waals surface area contributed by atoms with Crippen LogP contribution in [-0.2, 0) is 0 Å². The Morgan fingerprint density at radius 3 is 2.62 bits per heavy atom. The molecule has 1 aromatic rings. The predicted molar refractivity (Wildman–Crippen MR) is 67.5 cm³/mol. The first-order chi connectivity index (χ1) is 7.67. The van der Waals surface area contributed by atoms with Gasteiger partial charge in [0.25, 0.3) is 0 Å². The number of rotatable bonds is 1. The number of hydrogen-bond donors (Lipinski definition) is 1. The van der Waals surface area contributed by atoms with Gasteiger partial charge in [0.2, 0.25) is 0 Å². The summed E-state index contributed by atoms with van der Waals surface area (Å²) in [7, 11) is 0. The molecule has 0 saturated heterocycles. The maximum Gasteiger partial charge on any atom is 0.0625 e. The Morgan fingerprint density at radius 1 is 1.12 bits per heavy atom. The summed E-state index contributed by atoms with van der Waals surface area (Å²) in [6.07, 6.45) is 6.83. The SMILES string of the molecule is C[C@]1(O)CCCCC[C@H](c2ccccc2)C1. The van der Waals surface area contributed by atoms with Crippen molar-refractivity contribution in [2.45, 2.75) is 57.0 Å². The van der Waals surface area contributed by atoms with Crippen molar-refractivity contribution in [1.29, 1.82) is 0 Å². The molecule has 16 heavy (non-hydrogen) atoms. The maximum atomic E-state index is 10.3.